The first kappa shape index (κ1) is 23.1. The van der Waals surface area contributed by atoms with Crippen LogP contribution in [0.2, 0.25) is 0 Å². The van der Waals surface area contributed by atoms with Crippen molar-refractivity contribution in [3.63, 3.8) is 0 Å². The molecule has 0 bridgehead atoms. The lowest BCUT2D eigenvalue weighted by molar-refractivity contribution is -0.138. The van der Waals surface area contributed by atoms with E-state index in [1.54, 1.807) is 15.9 Å². The van der Waals surface area contributed by atoms with Gasteiger partial charge in [-0.2, -0.15) is 18.3 Å². The molecular weight excluding hydrogens is 463 g/mol. The summed E-state index contributed by atoms with van der Waals surface area (Å²) in [5, 5.41) is 8.19. The first-order valence-corrected chi connectivity index (χ1v) is 11.5. The molecule has 0 radical (unpaired) electrons. The van der Waals surface area contributed by atoms with E-state index in [9.17, 15) is 22.8 Å². The Morgan fingerprint density at radius 1 is 1.03 bits per heavy atom. The normalized spacial score (nSPS) is 18.9. The van der Waals surface area contributed by atoms with Crippen LogP contribution in [0, 0.1) is 0 Å². The van der Waals surface area contributed by atoms with Crippen LogP contribution in [0.1, 0.15) is 24.8 Å². The van der Waals surface area contributed by atoms with Gasteiger partial charge in [-0.05, 0) is 18.9 Å². The molecule has 1 atom stereocenters. The zero-order valence-corrected chi connectivity index (χ0v) is 18.8. The topological polar surface area (TPSA) is 98.3 Å². The summed E-state index contributed by atoms with van der Waals surface area (Å²) in [5.74, 6) is 0.923. The van der Waals surface area contributed by atoms with Crippen molar-refractivity contribution in [1.82, 2.24) is 25.1 Å². The van der Waals surface area contributed by atoms with Crippen molar-refractivity contribution in [3.05, 3.63) is 52.6 Å². The highest BCUT2D eigenvalue weighted by Crippen LogP contribution is 2.31. The Kier molecular flexibility index (Phi) is 6.03. The van der Waals surface area contributed by atoms with Crippen LogP contribution in [0.15, 0.2) is 41.5 Å². The lowest BCUT2D eigenvalue weighted by Gasteiger charge is -2.36. The molecule has 1 amide bonds. The van der Waals surface area contributed by atoms with Crippen molar-refractivity contribution in [3.8, 4) is 0 Å². The molecular formula is C23H24F3N7O2. The van der Waals surface area contributed by atoms with E-state index < -0.39 is 11.7 Å². The lowest BCUT2D eigenvalue weighted by atomic mass is 10.1. The summed E-state index contributed by atoms with van der Waals surface area (Å²) in [4.78, 5) is 38.6. The molecule has 0 saturated carbocycles. The van der Waals surface area contributed by atoms with Gasteiger partial charge in [-0.3, -0.25) is 9.59 Å². The molecule has 0 aliphatic carbocycles. The zero-order chi connectivity index (χ0) is 24.6. The number of fused-ring (bicyclic) bond motifs is 1. The number of benzene rings is 1. The Hall–Kier alpha value is -3.70. The number of rotatable bonds is 4. The van der Waals surface area contributed by atoms with Gasteiger partial charge in [-0.25, -0.2) is 15.1 Å². The van der Waals surface area contributed by atoms with Crippen molar-refractivity contribution < 1.29 is 18.0 Å². The monoisotopic (exact) mass is 487 g/mol. The minimum Gasteiger partial charge on any atom is -0.351 e. The van der Waals surface area contributed by atoms with E-state index in [0.717, 1.165) is 37.2 Å². The fourth-order valence-corrected chi connectivity index (χ4v) is 4.76. The summed E-state index contributed by atoms with van der Waals surface area (Å²) in [7, 11) is 0. The van der Waals surface area contributed by atoms with Gasteiger partial charge in [0.1, 0.15) is 0 Å². The van der Waals surface area contributed by atoms with Crippen LogP contribution < -0.4 is 15.4 Å². The number of H-pyrrole nitrogens is 1. The zero-order valence-electron chi connectivity index (χ0n) is 18.8. The van der Waals surface area contributed by atoms with E-state index in [0.29, 0.717) is 43.8 Å². The number of hydrogen-bond acceptors (Lipinski definition) is 7. The van der Waals surface area contributed by atoms with Gasteiger partial charge in [0.25, 0.3) is 5.56 Å². The average Bonchev–Trinajstić information content (AvgIpc) is 3.32. The van der Waals surface area contributed by atoms with Crippen LogP contribution in [-0.4, -0.2) is 69.7 Å². The molecule has 5 rings (SSSR count). The van der Waals surface area contributed by atoms with E-state index in [-0.39, 0.29) is 23.5 Å². The van der Waals surface area contributed by atoms with Crippen LogP contribution in [0.3, 0.4) is 0 Å². The van der Waals surface area contributed by atoms with Crippen molar-refractivity contribution >= 4 is 28.4 Å². The predicted molar refractivity (Wildman–Crippen MR) is 123 cm³/mol. The Labute approximate surface area is 198 Å². The van der Waals surface area contributed by atoms with Crippen molar-refractivity contribution in [2.24, 2.45) is 0 Å². The van der Waals surface area contributed by atoms with Crippen LogP contribution in [0.25, 0.3) is 10.8 Å². The predicted octanol–water partition coefficient (Wildman–Crippen LogP) is 2.44. The minimum atomic E-state index is -4.48. The Balaban J connectivity index is 1.22. The second-order valence-electron chi connectivity index (χ2n) is 8.75. The fourth-order valence-electron chi connectivity index (χ4n) is 4.76. The number of hydrogen-bond donors (Lipinski definition) is 1. The lowest BCUT2D eigenvalue weighted by Crippen LogP contribution is -2.50. The summed E-state index contributed by atoms with van der Waals surface area (Å²) in [5.41, 5.74) is -1.13. The number of aromatic amines is 1. The molecule has 3 aromatic rings. The molecule has 2 saturated heterocycles. The van der Waals surface area contributed by atoms with Crippen LogP contribution in [0.4, 0.5) is 24.9 Å². The van der Waals surface area contributed by atoms with E-state index in [1.165, 1.54) is 0 Å². The molecule has 4 heterocycles. The molecule has 2 fully saturated rings. The van der Waals surface area contributed by atoms with Gasteiger partial charge in [-0.15, -0.1) is 0 Å². The second-order valence-corrected chi connectivity index (χ2v) is 8.75. The van der Waals surface area contributed by atoms with Crippen molar-refractivity contribution in [2.45, 2.75) is 31.5 Å². The first-order chi connectivity index (χ1) is 16.8. The van der Waals surface area contributed by atoms with E-state index in [4.69, 9.17) is 0 Å². The number of piperazine rings is 1. The highest BCUT2D eigenvalue weighted by atomic mass is 19.4. The first-order valence-electron chi connectivity index (χ1n) is 11.5. The number of carbonyl (C=O) groups excluding carboxylic acids is 1. The largest absolute Gasteiger partial charge is 0.419 e. The molecule has 2 aliphatic rings. The standard InChI is InChI=1S/C23H24F3N7O2/c24-23(25,26)15-13-27-22(28-14-15)32-10-8-31(9-11-32)19(34)12-16-4-3-7-33(16)20-17-5-1-2-6-18(17)21(35)30-29-20/h1-2,5-6,13-14,16H,3-4,7-12H2,(H,30,35)/t16-/m0/s1. The highest BCUT2D eigenvalue weighted by molar-refractivity contribution is 5.91. The van der Waals surface area contributed by atoms with Crippen molar-refractivity contribution in [2.75, 3.05) is 42.5 Å². The molecule has 12 heteroatoms. The Morgan fingerprint density at radius 3 is 2.40 bits per heavy atom. The van der Waals surface area contributed by atoms with Gasteiger partial charge in [0.15, 0.2) is 5.82 Å². The summed E-state index contributed by atoms with van der Waals surface area (Å²) in [6, 6.07) is 7.27. The smallest absolute Gasteiger partial charge is 0.351 e. The average molecular weight is 487 g/mol. The number of carbonyl (C=O) groups is 1. The number of nitrogens with zero attached hydrogens (tertiary/aromatic N) is 6. The fraction of sp³-hybridized carbons (Fsp3) is 0.435. The molecule has 184 valence electrons. The van der Waals surface area contributed by atoms with Crippen molar-refractivity contribution in [1.29, 1.82) is 0 Å². The van der Waals surface area contributed by atoms with Gasteiger partial charge in [-0.1, -0.05) is 18.2 Å². The molecule has 0 unspecified atom stereocenters. The maximum absolute atomic E-state index is 13.1. The van der Waals surface area contributed by atoms with Crippen LogP contribution in [-0.2, 0) is 11.0 Å². The molecule has 2 aromatic heterocycles. The van der Waals surface area contributed by atoms with Crippen LogP contribution >= 0.6 is 0 Å². The Bertz CT molecular complexity index is 1270. The number of alkyl halides is 3. The summed E-state index contributed by atoms with van der Waals surface area (Å²) >= 11 is 0. The minimum absolute atomic E-state index is 0.0172. The number of halogens is 3. The quantitative estimate of drug-likeness (QED) is 0.604. The number of amides is 1. The summed E-state index contributed by atoms with van der Waals surface area (Å²) in [6.07, 6.45) is -0.820. The molecule has 2 aliphatic heterocycles. The SMILES string of the molecule is O=C(C[C@@H]1CCCN1c1n[nH]c(=O)c2ccccc12)N1CCN(c2ncc(C(F)(F)F)cn2)CC1. The second kappa shape index (κ2) is 9.16. The van der Waals surface area contributed by atoms with E-state index in [2.05, 4.69) is 25.1 Å². The summed E-state index contributed by atoms with van der Waals surface area (Å²) in [6.45, 7) is 2.51. The third-order valence-electron chi connectivity index (χ3n) is 6.62. The number of aromatic nitrogens is 4. The molecule has 1 aromatic carbocycles. The molecule has 1 N–H and O–H groups in total. The highest BCUT2D eigenvalue weighted by Gasteiger charge is 2.33. The third kappa shape index (κ3) is 4.64. The van der Waals surface area contributed by atoms with Gasteiger partial charge < -0.3 is 14.7 Å². The van der Waals surface area contributed by atoms with Gasteiger partial charge in [0, 0.05) is 63.0 Å². The molecule has 9 nitrogen and oxygen atoms in total. The number of nitrogens with one attached hydrogen (secondary N) is 1. The van der Waals surface area contributed by atoms with Gasteiger partial charge >= 0.3 is 6.18 Å². The third-order valence-corrected chi connectivity index (χ3v) is 6.62. The Morgan fingerprint density at radius 2 is 1.71 bits per heavy atom. The maximum atomic E-state index is 13.1. The summed E-state index contributed by atoms with van der Waals surface area (Å²) < 4.78 is 38.2. The van der Waals surface area contributed by atoms with Crippen LogP contribution in [0.5, 0.6) is 0 Å². The van der Waals surface area contributed by atoms with Gasteiger partial charge in [0.05, 0.1) is 10.9 Å². The number of anilines is 2. The maximum Gasteiger partial charge on any atom is 0.419 e. The molecule has 35 heavy (non-hydrogen) atoms. The van der Waals surface area contributed by atoms with E-state index >= 15 is 0 Å². The molecule has 0 spiro atoms. The van der Waals surface area contributed by atoms with E-state index in [1.807, 2.05) is 18.2 Å². The van der Waals surface area contributed by atoms with Gasteiger partial charge in [0.2, 0.25) is 11.9 Å².